The zero-order valence-electron chi connectivity index (χ0n) is 12.4. The first-order valence-corrected chi connectivity index (χ1v) is 7.08. The molecule has 1 heterocycles. The van der Waals surface area contributed by atoms with Gasteiger partial charge in [-0.25, -0.2) is 0 Å². The highest BCUT2D eigenvalue weighted by Gasteiger charge is 2.12. The molecule has 1 aromatic carbocycles. The molecule has 5 nitrogen and oxygen atoms in total. The second kappa shape index (κ2) is 9.73. The van der Waals surface area contributed by atoms with Crippen LogP contribution < -0.4 is 10.6 Å². The number of rotatable bonds is 6. The Morgan fingerprint density at radius 1 is 1.24 bits per heavy atom. The molecule has 21 heavy (non-hydrogen) atoms. The highest BCUT2D eigenvalue weighted by Crippen LogP contribution is 2.12. The molecule has 1 fully saturated rings. The molecule has 1 aromatic rings. The third kappa shape index (κ3) is 6.01. The van der Waals surface area contributed by atoms with E-state index >= 15 is 0 Å². The summed E-state index contributed by atoms with van der Waals surface area (Å²) in [5.74, 6) is 0.0219. The van der Waals surface area contributed by atoms with Crippen molar-refractivity contribution in [2.24, 2.45) is 0 Å². The summed E-state index contributed by atoms with van der Waals surface area (Å²) < 4.78 is 5.37. The summed E-state index contributed by atoms with van der Waals surface area (Å²) in [7, 11) is 1.77. The van der Waals surface area contributed by atoms with Gasteiger partial charge >= 0.3 is 0 Å². The van der Waals surface area contributed by atoms with Crippen molar-refractivity contribution in [2.45, 2.75) is 13.1 Å². The standard InChI is InChI=1S/C15H23N3O2.ClH/c1-16-11-15(19)17-10-13-4-2-3-5-14(13)12-18-6-8-20-9-7-18;/h2-5,16H,6-12H2,1H3,(H,17,19);1H. The van der Waals surface area contributed by atoms with Crippen molar-refractivity contribution in [2.75, 3.05) is 39.9 Å². The van der Waals surface area contributed by atoms with Crippen molar-refractivity contribution in [1.29, 1.82) is 0 Å². The van der Waals surface area contributed by atoms with Crippen LogP contribution in [0, 0.1) is 0 Å². The van der Waals surface area contributed by atoms with Crippen LogP contribution in [-0.4, -0.2) is 50.7 Å². The number of nitrogens with zero attached hydrogens (tertiary/aromatic N) is 1. The van der Waals surface area contributed by atoms with Gasteiger partial charge in [0, 0.05) is 26.2 Å². The minimum absolute atomic E-state index is 0. The monoisotopic (exact) mass is 313 g/mol. The van der Waals surface area contributed by atoms with Gasteiger partial charge in [0.15, 0.2) is 0 Å². The van der Waals surface area contributed by atoms with Gasteiger partial charge in [0.05, 0.1) is 19.8 Å². The molecule has 118 valence electrons. The highest BCUT2D eigenvalue weighted by atomic mass is 35.5. The molecule has 6 heteroatoms. The Morgan fingerprint density at radius 2 is 1.90 bits per heavy atom. The molecule has 2 N–H and O–H groups in total. The number of hydrogen-bond acceptors (Lipinski definition) is 4. The van der Waals surface area contributed by atoms with E-state index in [1.54, 1.807) is 7.05 Å². The minimum Gasteiger partial charge on any atom is -0.379 e. The highest BCUT2D eigenvalue weighted by molar-refractivity contribution is 5.85. The lowest BCUT2D eigenvalue weighted by Crippen LogP contribution is -2.36. The Hall–Kier alpha value is -1.14. The second-order valence-electron chi connectivity index (χ2n) is 4.96. The molecular weight excluding hydrogens is 290 g/mol. The van der Waals surface area contributed by atoms with E-state index in [1.807, 2.05) is 6.07 Å². The third-order valence-corrected chi connectivity index (χ3v) is 3.43. The Bertz CT molecular complexity index is 437. The van der Waals surface area contributed by atoms with E-state index < -0.39 is 0 Å². The van der Waals surface area contributed by atoms with Gasteiger partial charge in [-0.2, -0.15) is 0 Å². The first-order valence-electron chi connectivity index (χ1n) is 7.08. The summed E-state index contributed by atoms with van der Waals surface area (Å²) in [6.45, 7) is 5.41. The zero-order chi connectivity index (χ0) is 14.2. The maximum atomic E-state index is 11.5. The predicted octanol–water partition coefficient (Wildman–Crippen LogP) is 0.776. The summed E-state index contributed by atoms with van der Waals surface area (Å²) in [5.41, 5.74) is 2.46. The second-order valence-corrected chi connectivity index (χ2v) is 4.96. The van der Waals surface area contributed by atoms with E-state index in [9.17, 15) is 4.79 Å². The van der Waals surface area contributed by atoms with Gasteiger partial charge in [-0.1, -0.05) is 24.3 Å². The van der Waals surface area contributed by atoms with Gasteiger partial charge in [-0.15, -0.1) is 12.4 Å². The molecule has 0 unspecified atom stereocenters. The van der Waals surface area contributed by atoms with Gasteiger partial charge in [0.25, 0.3) is 0 Å². The molecule has 0 spiro atoms. The molecule has 0 saturated carbocycles. The summed E-state index contributed by atoms with van der Waals surface area (Å²) in [6.07, 6.45) is 0. The molecule has 1 aliphatic rings. The number of nitrogens with one attached hydrogen (secondary N) is 2. The van der Waals surface area contributed by atoms with Crippen molar-refractivity contribution in [3.8, 4) is 0 Å². The predicted molar refractivity (Wildman–Crippen MR) is 85.6 cm³/mol. The van der Waals surface area contributed by atoms with Crippen LogP contribution in [0.25, 0.3) is 0 Å². The first-order chi connectivity index (χ1) is 9.79. The minimum atomic E-state index is 0. The van der Waals surface area contributed by atoms with E-state index in [1.165, 1.54) is 11.1 Å². The van der Waals surface area contributed by atoms with E-state index in [4.69, 9.17) is 4.74 Å². The average molecular weight is 314 g/mol. The number of likely N-dealkylation sites (N-methyl/N-ethyl adjacent to an activating group) is 1. The van der Waals surface area contributed by atoms with Crippen LogP contribution in [0.5, 0.6) is 0 Å². The number of carbonyl (C=O) groups is 1. The summed E-state index contributed by atoms with van der Waals surface area (Å²) in [6, 6.07) is 8.28. The van der Waals surface area contributed by atoms with Crippen LogP contribution in [0.3, 0.4) is 0 Å². The fourth-order valence-electron chi connectivity index (χ4n) is 2.30. The maximum Gasteiger partial charge on any atom is 0.234 e. The van der Waals surface area contributed by atoms with Gasteiger partial charge in [-0.05, 0) is 18.2 Å². The largest absolute Gasteiger partial charge is 0.379 e. The van der Waals surface area contributed by atoms with Crippen LogP contribution in [-0.2, 0) is 22.6 Å². The van der Waals surface area contributed by atoms with Crippen molar-refractivity contribution in [3.63, 3.8) is 0 Å². The van der Waals surface area contributed by atoms with Gasteiger partial charge in [-0.3, -0.25) is 9.69 Å². The maximum absolute atomic E-state index is 11.5. The van der Waals surface area contributed by atoms with Gasteiger partial charge < -0.3 is 15.4 Å². The fourth-order valence-corrected chi connectivity index (χ4v) is 2.30. The smallest absolute Gasteiger partial charge is 0.234 e. The van der Waals surface area contributed by atoms with Crippen molar-refractivity contribution < 1.29 is 9.53 Å². The molecule has 2 rings (SSSR count). The number of benzene rings is 1. The number of morpholine rings is 1. The average Bonchev–Trinajstić information content (AvgIpc) is 2.48. The third-order valence-electron chi connectivity index (χ3n) is 3.43. The molecular formula is C15H24ClN3O2. The van der Waals surface area contributed by atoms with Crippen LogP contribution in [0.4, 0.5) is 0 Å². The van der Waals surface area contributed by atoms with Crippen LogP contribution in [0.2, 0.25) is 0 Å². The van der Waals surface area contributed by atoms with Crippen LogP contribution in [0.15, 0.2) is 24.3 Å². The molecule has 0 radical (unpaired) electrons. The normalized spacial score (nSPS) is 15.3. The number of amides is 1. The Balaban J connectivity index is 0.00000220. The van der Waals surface area contributed by atoms with Gasteiger partial charge in [0.1, 0.15) is 0 Å². The molecule has 0 aromatic heterocycles. The number of ether oxygens (including phenoxy) is 1. The van der Waals surface area contributed by atoms with Crippen LogP contribution in [0.1, 0.15) is 11.1 Å². The molecule has 1 aliphatic heterocycles. The van der Waals surface area contributed by atoms with E-state index in [0.29, 0.717) is 13.1 Å². The van der Waals surface area contributed by atoms with Crippen molar-refractivity contribution >= 4 is 18.3 Å². The fraction of sp³-hybridized carbons (Fsp3) is 0.533. The Labute approximate surface area is 132 Å². The Morgan fingerprint density at radius 3 is 2.57 bits per heavy atom. The SMILES string of the molecule is CNCC(=O)NCc1ccccc1CN1CCOCC1.Cl. The van der Waals surface area contributed by atoms with E-state index in [2.05, 4.69) is 33.7 Å². The zero-order valence-corrected chi connectivity index (χ0v) is 13.2. The number of halogens is 1. The van der Waals surface area contributed by atoms with Crippen LogP contribution >= 0.6 is 12.4 Å². The molecule has 0 aliphatic carbocycles. The molecule has 1 amide bonds. The first kappa shape index (κ1) is 17.9. The molecule has 1 saturated heterocycles. The number of carbonyl (C=O) groups excluding carboxylic acids is 1. The van der Waals surface area contributed by atoms with Gasteiger partial charge in [0.2, 0.25) is 5.91 Å². The summed E-state index contributed by atoms with van der Waals surface area (Å²) >= 11 is 0. The lowest BCUT2D eigenvalue weighted by Gasteiger charge is -2.27. The summed E-state index contributed by atoms with van der Waals surface area (Å²) in [5, 5.41) is 5.78. The Kier molecular flexibility index (Phi) is 8.30. The van der Waals surface area contributed by atoms with E-state index in [0.717, 1.165) is 32.8 Å². The van der Waals surface area contributed by atoms with E-state index in [-0.39, 0.29) is 18.3 Å². The molecule has 0 atom stereocenters. The summed E-state index contributed by atoms with van der Waals surface area (Å²) in [4.78, 5) is 13.9. The topological polar surface area (TPSA) is 53.6 Å². The molecule has 0 bridgehead atoms. The lowest BCUT2D eigenvalue weighted by atomic mass is 10.1. The lowest BCUT2D eigenvalue weighted by molar-refractivity contribution is -0.120. The number of hydrogen-bond donors (Lipinski definition) is 2. The van der Waals surface area contributed by atoms with Crippen molar-refractivity contribution in [1.82, 2.24) is 15.5 Å². The quantitative estimate of drug-likeness (QED) is 0.815. The van der Waals surface area contributed by atoms with Crippen molar-refractivity contribution in [3.05, 3.63) is 35.4 Å².